The van der Waals surface area contributed by atoms with Crippen molar-refractivity contribution >= 4 is 12.4 Å². The third-order valence-corrected chi connectivity index (χ3v) is 4.41. The fourth-order valence-electron chi connectivity index (χ4n) is 3.37. The average Bonchev–Trinajstić information content (AvgIpc) is 2.68. The summed E-state index contributed by atoms with van der Waals surface area (Å²) >= 11 is 0. The van der Waals surface area contributed by atoms with Crippen LogP contribution in [0.15, 0.2) is 0 Å². The molecule has 2 saturated heterocycles. The number of nitrogens with zero attached hydrogens (tertiary/aromatic N) is 2. The minimum Gasteiger partial charge on any atom is -0.392 e. The smallest absolute Gasteiger partial charge is 0.0639 e. The van der Waals surface area contributed by atoms with E-state index in [1.807, 2.05) is 6.92 Å². The monoisotopic (exact) mass is 291 g/mol. The lowest BCUT2D eigenvalue weighted by molar-refractivity contribution is 0.0312. The van der Waals surface area contributed by atoms with Gasteiger partial charge in [-0.2, -0.15) is 0 Å². The number of hydrogen-bond acceptors (Lipinski definition) is 4. The Morgan fingerprint density at radius 2 is 2.16 bits per heavy atom. The molecule has 0 radical (unpaired) electrons. The van der Waals surface area contributed by atoms with E-state index < -0.39 is 0 Å². The van der Waals surface area contributed by atoms with Gasteiger partial charge in [-0.3, -0.25) is 9.80 Å². The largest absolute Gasteiger partial charge is 0.392 e. The summed E-state index contributed by atoms with van der Waals surface area (Å²) in [6.07, 6.45) is 1.09. The number of aliphatic hydroxyl groups excluding tert-OH is 1. The zero-order valence-corrected chi connectivity index (χ0v) is 13.4. The van der Waals surface area contributed by atoms with Crippen molar-refractivity contribution in [2.75, 3.05) is 45.8 Å². The van der Waals surface area contributed by atoms with Crippen molar-refractivity contribution in [1.29, 1.82) is 0 Å². The number of piperazine rings is 1. The maximum atomic E-state index is 9.50. The summed E-state index contributed by atoms with van der Waals surface area (Å²) in [7, 11) is 0. The van der Waals surface area contributed by atoms with E-state index in [4.69, 9.17) is 0 Å². The van der Waals surface area contributed by atoms with Gasteiger partial charge in [0.15, 0.2) is 0 Å². The Morgan fingerprint density at radius 1 is 1.42 bits per heavy atom. The van der Waals surface area contributed by atoms with Crippen LogP contribution in [-0.2, 0) is 0 Å². The van der Waals surface area contributed by atoms with E-state index in [2.05, 4.69) is 29.0 Å². The number of nitrogens with one attached hydrogen (secondary N) is 1. The minimum atomic E-state index is -0.212. The van der Waals surface area contributed by atoms with Crippen molar-refractivity contribution in [1.82, 2.24) is 15.1 Å². The van der Waals surface area contributed by atoms with Crippen molar-refractivity contribution < 1.29 is 5.11 Å². The molecule has 2 aliphatic rings. The van der Waals surface area contributed by atoms with Crippen LogP contribution in [0.4, 0.5) is 0 Å². The Balaban J connectivity index is 0.00000180. The second kappa shape index (κ2) is 7.23. The average molecular weight is 292 g/mol. The summed E-state index contributed by atoms with van der Waals surface area (Å²) in [6, 6.07) is 0.561. The summed E-state index contributed by atoms with van der Waals surface area (Å²) in [5.74, 6) is 0. The number of hydrogen-bond donors (Lipinski definition) is 2. The summed E-state index contributed by atoms with van der Waals surface area (Å²) in [5.41, 5.74) is 0.464. The van der Waals surface area contributed by atoms with Gasteiger partial charge < -0.3 is 10.4 Å². The summed E-state index contributed by atoms with van der Waals surface area (Å²) in [4.78, 5) is 5.02. The Hall–Kier alpha value is 0.130. The molecule has 2 N–H and O–H groups in total. The fraction of sp³-hybridized carbons (Fsp3) is 1.00. The topological polar surface area (TPSA) is 38.7 Å². The lowest BCUT2D eigenvalue weighted by atomic mass is 9.89. The molecule has 3 atom stereocenters. The highest BCUT2D eigenvalue weighted by Crippen LogP contribution is 2.26. The molecule has 0 aliphatic carbocycles. The Labute approximate surface area is 123 Å². The third kappa shape index (κ3) is 4.87. The van der Waals surface area contributed by atoms with Crippen LogP contribution in [0, 0.1) is 5.41 Å². The zero-order valence-electron chi connectivity index (χ0n) is 12.6. The summed E-state index contributed by atoms with van der Waals surface area (Å²) in [6.45, 7) is 14.3. The maximum absolute atomic E-state index is 9.50. The molecular weight excluding hydrogens is 262 g/mol. The van der Waals surface area contributed by atoms with Crippen LogP contribution in [0.1, 0.15) is 27.2 Å². The molecule has 0 aromatic heterocycles. The van der Waals surface area contributed by atoms with Crippen molar-refractivity contribution in [3.8, 4) is 0 Å². The third-order valence-electron chi connectivity index (χ3n) is 4.41. The molecule has 5 heteroatoms. The first-order valence-electron chi connectivity index (χ1n) is 7.34. The number of halogens is 1. The van der Waals surface area contributed by atoms with E-state index in [1.165, 1.54) is 19.5 Å². The molecule has 2 aliphatic heterocycles. The minimum absolute atomic E-state index is 0. The number of aliphatic hydroxyl groups is 1. The van der Waals surface area contributed by atoms with E-state index in [9.17, 15) is 5.11 Å². The van der Waals surface area contributed by atoms with E-state index in [1.54, 1.807) is 0 Å². The highest BCUT2D eigenvalue weighted by atomic mass is 35.5. The van der Waals surface area contributed by atoms with Gasteiger partial charge >= 0.3 is 0 Å². The van der Waals surface area contributed by atoms with Gasteiger partial charge in [-0.1, -0.05) is 6.92 Å². The van der Waals surface area contributed by atoms with E-state index in [0.29, 0.717) is 11.5 Å². The van der Waals surface area contributed by atoms with Gasteiger partial charge in [-0.05, 0) is 32.2 Å². The van der Waals surface area contributed by atoms with Gasteiger partial charge in [0, 0.05) is 45.3 Å². The van der Waals surface area contributed by atoms with Crippen LogP contribution in [-0.4, -0.2) is 72.9 Å². The van der Waals surface area contributed by atoms with Crippen LogP contribution in [0.25, 0.3) is 0 Å². The molecule has 2 rings (SSSR count). The molecule has 0 aromatic rings. The molecular formula is C14H30ClN3O. The fourth-order valence-corrected chi connectivity index (χ4v) is 3.37. The maximum Gasteiger partial charge on any atom is 0.0639 e. The van der Waals surface area contributed by atoms with Gasteiger partial charge in [0.2, 0.25) is 0 Å². The lowest BCUT2D eigenvalue weighted by Crippen LogP contribution is -2.55. The van der Waals surface area contributed by atoms with Gasteiger partial charge in [0.05, 0.1) is 6.10 Å². The molecule has 2 fully saturated rings. The first kappa shape index (κ1) is 17.2. The predicted octanol–water partition coefficient (Wildman–Crippen LogP) is 0.795. The van der Waals surface area contributed by atoms with E-state index in [-0.39, 0.29) is 18.5 Å². The van der Waals surface area contributed by atoms with E-state index >= 15 is 0 Å². The SMILES string of the molecule is CC(O)CN1CCN(CC2(C)CCNC2)CC1C.Cl. The zero-order chi connectivity index (χ0) is 13.2. The summed E-state index contributed by atoms with van der Waals surface area (Å²) < 4.78 is 0. The predicted molar refractivity (Wildman–Crippen MR) is 82.0 cm³/mol. The Morgan fingerprint density at radius 3 is 2.68 bits per heavy atom. The second-order valence-corrected chi connectivity index (χ2v) is 6.67. The number of β-amino-alcohol motifs (C(OH)–C–C–N with tert-alkyl or cyclic N) is 1. The van der Waals surface area contributed by atoms with Gasteiger partial charge in [-0.25, -0.2) is 0 Å². The molecule has 3 unspecified atom stereocenters. The van der Waals surface area contributed by atoms with Crippen molar-refractivity contribution in [3.05, 3.63) is 0 Å². The first-order chi connectivity index (χ1) is 8.48. The molecule has 0 amide bonds. The Bertz CT molecular complexity index is 269. The normalized spacial score (nSPS) is 35.1. The van der Waals surface area contributed by atoms with E-state index in [0.717, 1.165) is 32.7 Å². The lowest BCUT2D eigenvalue weighted by Gasteiger charge is -2.43. The highest BCUT2D eigenvalue weighted by Gasteiger charge is 2.33. The summed E-state index contributed by atoms with van der Waals surface area (Å²) in [5, 5.41) is 13.0. The van der Waals surface area contributed by atoms with Gasteiger partial charge in [-0.15, -0.1) is 12.4 Å². The highest BCUT2D eigenvalue weighted by molar-refractivity contribution is 5.85. The van der Waals surface area contributed by atoms with Gasteiger partial charge in [0.1, 0.15) is 0 Å². The first-order valence-corrected chi connectivity index (χ1v) is 7.34. The molecule has 19 heavy (non-hydrogen) atoms. The van der Waals surface area contributed by atoms with Crippen LogP contribution >= 0.6 is 12.4 Å². The molecule has 114 valence electrons. The molecule has 0 aromatic carbocycles. The standard InChI is InChI=1S/C14H29N3O.ClH/c1-12-8-16(6-7-17(12)9-13(2)18)11-14(3)4-5-15-10-14;/h12-13,15,18H,4-11H2,1-3H3;1H. The molecule has 0 saturated carbocycles. The quantitative estimate of drug-likeness (QED) is 0.803. The second-order valence-electron chi connectivity index (χ2n) is 6.67. The van der Waals surface area contributed by atoms with Crippen LogP contribution in [0.3, 0.4) is 0 Å². The number of rotatable bonds is 4. The Kier molecular flexibility index (Phi) is 6.54. The van der Waals surface area contributed by atoms with Crippen LogP contribution in [0.5, 0.6) is 0 Å². The molecule has 0 spiro atoms. The van der Waals surface area contributed by atoms with Crippen LogP contribution < -0.4 is 5.32 Å². The van der Waals surface area contributed by atoms with Crippen molar-refractivity contribution in [2.24, 2.45) is 5.41 Å². The molecule has 0 bridgehead atoms. The molecule has 2 heterocycles. The van der Waals surface area contributed by atoms with Crippen LogP contribution in [0.2, 0.25) is 0 Å². The van der Waals surface area contributed by atoms with Crippen molar-refractivity contribution in [3.63, 3.8) is 0 Å². The van der Waals surface area contributed by atoms with Gasteiger partial charge in [0.25, 0.3) is 0 Å². The molecule has 4 nitrogen and oxygen atoms in total. The van der Waals surface area contributed by atoms with Crippen molar-refractivity contribution in [2.45, 2.75) is 39.3 Å².